The molecule has 2 aromatic carbocycles. The molecule has 0 unspecified atom stereocenters. The first kappa shape index (κ1) is 15.6. The first-order valence-electron chi connectivity index (χ1n) is 7.98. The number of pyridine rings is 1. The van der Waals surface area contributed by atoms with Gasteiger partial charge in [-0.15, -0.1) is 5.10 Å². The van der Waals surface area contributed by atoms with Crippen molar-refractivity contribution in [3.63, 3.8) is 0 Å². The van der Waals surface area contributed by atoms with Crippen LogP contribution in [0.5, 0.6) is 0 Å². The Morgan fingerprint density at radius 2 is 1.69 bits per heavy atom. The van der Waals surface area contributed by atoms with Crippen molar-refractivity contribution in [3.8, 4) is 11.1 Å². The SMILES string of the molecule is NC(=O)c1ccc(-c2ccc3nc(Nc4ccccc4N)nn3c2)cc1. The smallest absolute Gasteiger partial charge is 0.248 e. The van der Waals surface area contributed by atoms with E-state index in [1.165, 1.54) is 0 Å². The van der Waals surface area contributed by atoms with Gasteiger partial charge in [0.25, 0.3) is 0 Å². The monoisotopic (exact) mass is 344 g/mol. The summed E-state index contributed by atoms with van der Waals surface area (Å²) in [5.41, 5.74) is 15.7. The molecule has 0 saturated heterocycles. The number of nitrogens with one attached hydrogen (secondary N) is 1. The van der Waals surface area contributed by atoms with Crippen molar-refractivity contribution in [2.45, 2.75) is 0 Å². The van der Waals surface area contributed by atoms with E-state index in [1.807, 2.05) is 54.7 Å². The summed E-state index contributed by atoms with van der Waals surface area (Å²) in [5.74, 6) is 0.0169. The molecule has 0 aliphatic carbocycles. The molecular weight excluding hydrogens is 328 g/mol. The highest BCUT2D eigenvalue weighted by Crippen LogP contribution is 2.23. The van der Waals surface area contributed by atoms with Gasteiger partial charge in [-0.3, -0.25) is 4.79 Å². The quantitative estimate of drug-likeness (QED) is 0.493. The Bertz CT molecular complexity index is 1100. The number of para-hydroxylation sites is 2. The molecule has 4 aromatic rings. The highest BCUT2D eigenvalue weighted by atomic mass is 16.1. The summed E-state index contributed by atoms with van der Waals surface area (Å²) in [6, 6.07) is 18.4. The number of rotatable bonds is 4. The number of nitrogens with two attached hydrogens (primary N) is 2. The average Bonchev–Trinajstić information content (AvgIpc) is 3.05. The topological polar surface area (TPSA) is 111 Å². The third kappa shape index (κ3) is 2.93. The van der Waals surface area contributed by atoms with Gasteiger partial charge in [-0.25, -0.2) is 4.52 Å². The zero-order valence-corrected chi connectivity index (χ0v) is 13.8. The molecule has 2 aromatic heterocycles. The van der Waals surface area contributed by atoms with E-state index in [1.54, 1.807) is 16.6 Å². The number of aromatic nitrogens is 3. The number of carbonyl (C=O) groups is 1. The third-order valence-corrected chi connectivity index (χ3v) is 4.04. The number of nitrogen functional groups attached to an aromatic ring is 1. The highest BCUT2D eigenvalue weighted by Gasteiger charge is 2.08. The van der Waals surface area contributed by atoms with Gasteiger partial charge in [-0.05, 0) is 42.0 Å². The number of fused-ring (bicyclic) bond motifs is 1. The van der Waals surface area contributed by atoms with Crippen LogP contribution >= 0.6 is 0 Å². The molecule has 5 N–H and O–H groups in total. The summed E-state index contributed by atoms with van der Waals surface area (Å²) in [4.78, 5) is 15.6. The Hall–Kier alpha value is -3.87. The number of benzene rings is 2. The molecule has 7 nitrogen and oxygen atoms in total. The minimum absolute atomic E-state index is 0.445. The lowest BCUT2D eigenvalue weighted by Gasteiger charge is -2.04. The molecule has 0 spiro atoms. The van der Waals surface area contributed by atoms with Gasteiger partial charge in [-0.1, -0.05) is 24.3 Å². The highest BCUT2D eigenvalue weighted by molar-refractivity contribution is 5.93. The third-order valence-electron chi connectivity index (χ3n) is 4.04. The summed E-state index contributed by atoms with van der Waals surface area (Å²) in [6.07, 6.45) is 1.88. The molecule has 1 amide bonds. The molecule has 128 valence electrons. The number of hydrogen-bond donors (Lipinski definition) is 3. The Balaban J connectivity index is 1.65. The first-order chi connectivity index (χ1) is 12.6. The van der Waals surface area contributed by atoms with E-state index in [0.29, 0.717) is 22.8 Å². The van der Waals surface area contributed by atoms with Gasteiger partial charge >= 0.3 is 0 Å². The van der Waals surface area contributed by atoms with Crippen LogP contribution in [-0.2, 0) is 0 Å². The van der Waals surface area contributed by atoms with Crippen LogP contribution in [0.15, 0.2) is 66.9 Å². The second kappa shape index (κ2) is 6.21. The Labute approximate surface area is 149 Å². The number of primary amides is 1. The average molecular weight is 344 g/mol. The molecular formula is C19H16N6O. The van der Waals surface area contributed by atoms with Crippen molar-refractivity contribution in [2.75, 3.05) is 11.1 Å². The lowest BCUT2D eigenvalue weighted by atomic mass is 10.1. The summed E-state index contributed by atoms with van der Waals surface area (Å²) >= 11 is 0. The molecule has 4 rings (SSSR count). The zero-order valence-electron chi connectivity index (χ0n) is 13.8. The number of carbonyl (C=O) groups excluding carboxylic acids is 1. The zero-order chi connectivity index (χ0) is 18.1. The van der Waals surface area contributed by atoms with Gasteiger partial charge < -0.3 is 16.8 Å². The lowest BCUT2D eigenvalue weighted by Crippen LogP contribution is -2.10. The predicted molar refractivity (Wildman–Crippen MR) is 101 cm³/mol. The fourth-order valence-electron chi connectivity index (χ4n) is 2.67. The molecule has 0 aliphatic heterocycles. The van der Waals surface area contributed by atoms with Crippen molar-refractivity contribution in [1.82, 2.24) is 14.6 Å². The minimum atomic E-state index is -0.445. The summed E-state index contributed by atoms with van der Waals surface area (Å²) in [5, 5.41) is 7.57. The molecule has 0 saturated carbocycles. The molecule has 0 fully saturated rings. The molecule has 0 atom stereocenters. The first-order valence-corrected chi connectivity index (χ1v) is 7.98. The van der Waals surface area contributed by atoms with Crippen LogP contribution in [-0.4, -0.2) is 20.5 Å². The molecule has 0 aliphatic rings. The fraction of sp³-hybridized carbons (Fsp3) is 0. The van der Waals surface area contributed by atoms with Crippen LogP contribution in [0.2, 0.25) is 0 Å². The van der Waals surface area contributed by atoms with Crippen LogP contribution in [0.4, 0.5) is 17.3 Å². The van der Waals surface area contributed by atoms with Crippen molar-refractivity contribution >= 4 is 28.9 Å². The van der Waals surface area contributed by atoms with Crippen molar-refractivity contribution in [2.24, 2.45) is 5.73 Å². The van der Waals surface area contributed by atoms with E-state index < -0.39 is 5.91 Å². The van der Waals surface area contributed by atoms with Crippen LogP contribution in [0, 0.1) is 0 Å². The molecule has 0 radical (unpaired) electrons. The Morgan fingerprint density at radius 3 is 2.42 bits per heavy atom. The summed E-state index contributed by atoms with van der Waals surface area (Å²) in [7, 11) is 0. The standard InChI is InChI=1S/C19H16N6O/c20-15-3-1-2-4-16(15)22-19-23-17-10-9-14(11-25(17)24-19)12-5-7-13(8-6-12)18(21)26/h1-11H,20H2,(H2,21,26)(H,22,24). The number of anilines is 3. The van der Waals surface area contributed by atoms with E-state index in [2.05, 4.69) is 15.4 Å². The number of nitrogens with zero attached hydrogens (tertiary/aromatic N) is 3. The normalized spacial score (nSPS) is 10.8. The van der Waals surface area contributed by atoms with Crippen molar-refractivity contribution in [1.29, 1.82) is 0 Å². The minimum Gasteiger partial charge on any atom is -0.397 e. The predicted octanol–water partition coefficient (Wildman–Crippen LogP) is 2.82. The van der Waals surface area contributed by atoms with Crippen molar-refractivity contribution < 1.29 is 4.79 Å². The van der Waals surface area contributed by atoms with E-state index in [4.69, 9.17) is 11.5 Å². The maximum atomic E-state index is 11.2. The van der Waals surface area contributed by atoms with E-state index >= 15 is 0 Å². The molecule has 7 heteroatoms. The van der Waals surface area contributed by atoms with Gasteiger partial charge in [0.05, 0.1) is 11.4 Å². The van der Waals surface area contributed by atoms with Crippen LogP contribution in [0.25, 0.3) is 16.8 Å². The second-order valence-corrected chi connectivity index (χ2v) is 5.81. The Kier molecular flexibility index (Phi) is 3.74. The van der Waals surface area contributed by atoms with E-state index in [0.717, 1.165) is 16.8 Å². The maximum absolute atomic E-state index is 11.2. The van der Waals surface area contributed by atoms with Gasteiger partial charge in [0.2, 0.25) is 11.9 Å². The van der Waals surface area contributed by atoms with Crippen LogP contribution < -0.4 is 16.8 Å². The van der Waals surface area contributed by atoms with Crippen LogP contribution in [0.1, 0.15) is 10.4 Å². The summed E-state index contributed by atoms with van der Waals surface area (Å²) in [6.45, 7) is 0. The number of hydrogen-bond acceptors (Lipinski definition) is 5. The van der Waals surface area contributed by atoms with Crippen LogP contribution in [0.3, 0.4) is 0 Å². The lowest BCUT2D eigenvalue weighted by molar-refractivity contribution is 0.100. The summed E-state index contributed by atoms with van der Waals surface area (Å²) < 4.78 is 1.69. The molecule has 0 bridgehead atoms. The number of amides is 1. The largest absolute Gasteiger partial charge is 0.397 e. The van der Waals surface area contributed by atoms with Gasteiger partial charge in [0, 0.05) is 17.3 Å². The van der Waals surface area contributed by atoms with E-state index in [-0.39, 0.29) is 0 Å². The molecule has 2 heterocycles. The second-order valence-electron chi connectivity index (χ2n) is 5.81. The Morgan fingerprint density at radius 1 is 0.962 bits per heavy atom. The van der Waals surface area contributed by atoms with Gasteiger partial charge in [0.1, 0.15) is 0 Å². The van der Waals surface area contributed by atoms with Gasteiger partial charge in [-0.2, -0.15) is 4.98 Å². The van der Waals surface area contributed by atoms with Gasteiger partial charge in [0.15, 0.2) is 5.65 Å². The fourth-order valence-corrected chi connectivity index (χ4v) is 2.67. The maximum Gasteiger partial charge on any atom is 0.248 e. The van der Waals surface area contributed by atoms with E-state index in [9.17, 15) is 4.79 Å². The van der Waals surface area contributed by atoms with Crippen molar-refractivity contribution in [3.05, 3.63) is 72.4 Å². The molecule has 26 heavy (non-hydrogen) atoms.